The zero-order valence-electron chi connectivity index (χ0n) is 19.6. The molecule has 2 amide bonds. The number of nitrogens with one attached hydrogen (secondary N) is 1. The van der Waals surface area contributed by atoms with Gasteiger partial charge in [0.1, 0.15) is 5.69 Å². The number of hydrogen-bond donors (Lipinski definition) is 1. The summed E-state index contributed by atoms with van der Waals surface area (Å²) in [6.45, 7) is 3.08. The molecule has 0 spiro atoms. The maximum absolute atomic E-state index is 13.2. The minimum absolute atomic E-state index is 0.150. The molecule has 0 atom stereocenters. The number of alkyl halides is 3. The minimum Gasteiger partial charge on any atom is -0.332 e. The number of benzene rings is 2. The number of nitrogens with zero attached hydrogens (tertiary/aromatic N) is 2. The first-order chi connectivity index (χ1) is 17.3. The summed E-state index contributed by atoms with van der Waals surface area (Å²) in [5.41, 5.74) is 0.730. The lowest BCUT2D eigenvalue weighted by Gasteiger charge is -2.29. The third kappa shape index (κ3) is 5.94. The van der Waals surface area contributed by atoms with Crippen LogP contribution in [0.5, 0.6) is 0 Å². The number of piperidine rings is 1. The molecular formula is C27H24F3N3O2S. The Morgan fingerprint density at radius 2 is 1.89 bits per heavy atom. The first kappa shape index (κ1) is 25.5. The fraction of sp³-hybridized carbons (Fsp3) is 0.296. The van der Waals surface area contributed by atoms with Crippen LogP contribution in [0.2, 0.25) is 0 Å². The average Bonchev–Trinajstić information content (AvgIpc) is 3.38. The van der Waals surface area contributed by atoms with E-state index in [4.69, 9.17) is 0 Å². The molecule has 1 saturated heterocycles. The van der Waals surface area contributed by atoms with Gasteiger partial charge in [-0.15, -0.1) is 11.3 Å². The number of thiazole rings is 1. The second-order valence-electron chi connectivity index (χ2n) is 8.37. The van der Waals surface area contributed by atoms with Crippen molar-refractivity contribution in [2.45, 2.75) is 38.3 Å². The van der Waals surface area contributed by atoms with E-state index in [0.29, 0.717) is 36.3 Å². The summed E-state index contributed by atoms with van der Waals surface area (Å²) in [6.07, 6.45) is -2.34. The molecule has 2 heterocycles. The van der Waals surface area contributed by atoms with E-state index in [1.54, 1.807) is 40.6 Å². The molecule has 1 aromatic heterocycles. The van der Waals surface area contributed by atoms with E-state index in [-0.39, 0.29) is 17.5 Å². The molecule has 2 aromatic carbocycles. The highest BCUT2D eigenvalue weighted by atomic mass is 32.1. The van der Waals surface area contributed by atoms with Crippen LogP contribution in [0.3, 0.4) is 0 Å². The van der Waals surface area contributed by atoms with Gasteiger partial charge in [0.05, 0.1) is 10.6 Å². The Balaban J connectivity index is 1.45. The molecule has 0 saturated carbocycles. The Hall–Kier alpha value is -3.64. The van der Waals surface area contributed by atoms with E-state index in [1.165, 1.54) is 17.4 Å². The summed E-state index contributed by atoms with van der Waals surface area (Å²) in [4.78, 5) is 31.3. The molecule has 1 aliphatic rings. The molecule has 186 valence electrons. The zero-order valence-corrected chi connectivity index (χ0v) is 20.4. The maximum atomic E-state index is 13.2. The Labute approximate surface area is 211 Å². The lowest BCUT2D eigenvalue weighted by molar-refractivity contribution is -0.137. The van der Waals surface area contributed by atoms with Crippen molar-refractivity contribution < 1.29 is 22.8 Å². The summed E-state index contributed by atoms with van der Waals surface area (Å²) in [7, 11) is 0. The van der Waals surface area contributed by atoms with E-state index < -0.39 is 17.6 Å². The number of halogens is 3. The normalized spacial score (nSPS) is 14.2. The number of hydrogen-bond acceptors (Lipinski definition) is 4. The zero-order chi connectivity index (χ0) is 25.7. The van der Waals surface area contributed by atoms with Crippen molar-refractivity contribution in [3.05, 3.63) is 70.2 Å². The Kier molecular flexibility index (Phi) is 7.75. The van der Waals surface area contributed by atoms with Crippen molar-refractivity contribution in [3.63, 3.8) is 0 Å². The summed E-state index contributed by atoms with van der Waals surface area (Å²) in [6, 6.07) is 11.7. The third-order valence-corrected chi connectivity index (χ3v) is 6.94. The van der Waals surface area contributed by atoms with Crippen LogP contribution in [0, 0.1) is 11.8 Å². The standard InChI is InChI=1S/C27H24F3N3O2S/c1-2-3-11-24(34)33-14-12-18(13-15-33)26-32-23(17-36-26)25(35)31-22-10-5-4-9-21(22)19-7-6-8-20(16-19)27(28,29)30/h4-10,16-18H,2,12-15H2,1H3,(H,31,35). The largest absolute Gasteiger partial charge is 0.416 e. The fourth-order valence-electron chi connectivity index (χ4n) is 4.05. The quantitative estimate of drug-likeness (QED) is 0.424. The second kappa shape index (κ2) is 11.0. The monoisotopic (exact) mass is 511 g/mol. The van der Waals surface area contributed by atoms with Gasteiger partial charge in [-0.05, 0) is 42.5 Å². The Morgan fingerprint density at radius 3 is 2.61 bits per heavy atom. The highest BCUT2D eigenvalue weighted by Gasteiger charge is 2.31. The predicted octanol–water partition coefficient (Wildman–Crippen LogP) is 6.20. The average molecular weight is 512 g/mol. The van der Waals surface area contributed by atoms with Gasteiger partial charge >= 0.3 is 6.18 Å². The molecular weight excluding hydrogens is 487 g/mol. The molecule has 0 aliphatic carbocycles. The maximum Gasteiger partial charge on any atom is 0.416 e. The number of carbonyl (C=O) groups is 2. The van der Waals surface area contributed by atoms with E-state index >= 15 is 0 Å². The van der Waals surface area contributed by atoms with Crippen molar-refractivity contribution in [1.82, 2.24) is 9.88 Å². The van der Waals surface area contributed by atoms with Crippen molar-refractivity contribution >= 4 is 28.8 Å². The lowest BCUT2D eigenvalue weighted by Crippen LogP contribution is -2.37. The first-order valence-corrected chi connectivity index (χ1v) is 12.5. The van der Waals surface area contributed by atoms with Crippen LogP contribution in [0.25, 0.3) is 11.1 Å². The number of likely N-dealkylation sites (tertiary alicyclic amines) is 1. The van der Waals surface area contributed by atoms with E-state index in [2.05, 4.69) is 22.1 Å². The van der Waals surface area contributed by atoms with Crippen molar-refractivity contribution in [1.29, 1.82) is 0 Å². The molecule has 1 fully saturated rings. The number of aromatic nitrogens is 1. The topological polar surface area (TPSA) is 62.3 Å². The molecule has 5 nitrogen and oxygen atoms in total. The van der Waals surface area contributed by atoms with Gasteiger partial charge in [0.25, 0.3) is 11.8 Å². The van der Waals surface area contributed by atoms with Gasteiger partial charge < -0.3 is 10.2 Å². The summed E-state index contributed by atoms with van der Waals surface area (Å²) in [5.74, 6) is 5.00. The molecule has 0 radical (unpaired) electrons. The Morgan fingerprint density at radius 1 is 1.14 bits per heavy atom. The predicted molar refractivity (Wildman–Crippen MR) is 134 cm³/mol. The number of rotatable bonds is 4. The molecule has 4 rings (SSSR count). The number of anilines is 1. The number of carbonyl (C=O) groups excluding carboxylic acids is 2. The van der Waals surface area contributed by atoms with Crippen molar-refractivity contribution in [2.24, 2.45) is 0 Å². The van der Waals surface area contributed by atoms with E-state index in [1.807, 2.05) is 6.92 Å². The van der Waals surface area contributed by atoms with Gasteiger partial charge in [0.2, 0.25) is 0 Å². The third-order valence-electron chi connectivity index (χ3n) is 5.93. The number of amides is 2. The molecule has 0 bridgehead atoms. The Bertz CT molecular complexity index is 1320. The van der Waals surface area contributed by atoms with Crippen molar-refractivity contribution in [2.75, 3.05) is 18.4 Å². The SMILES string of the molecule is CCC#CC(=O)N1CCC(c2nc(C(=O)Nc3ccccc3-c3cccc(C(F)(F)F)c3)cs2)CC1. The highest BCUT2D eigenvalue weighted by Crippen LogP contribution is 2.35. The van der Waals surface area contributed by atoms with Gasteiger partial charge in [-0.1, -0.05) is 43.2 Å². The van der Waals surface area contributed by atoms with Crippen LogP contribution in [0.4, 0.5) is 18.9 Å². The van der Waals surface area contributed by atoms with Gasteiger partial charge in [-0.25, -0.2) is 4.98 Å². The van der Waals surface area contributed by atoms with Crippen LogP contribution >= 0.6 is 11.3 Å². The highest BCUT2D eigenvalue weighted by molar-refractivity contribution is 7.10. The van der Waals surface area contributed by atoms with Gasteiger partial charge in [0, 0.05) is 42.1 Å². The first-order valence-electron chi connectivity index (χ1n) is 11.6. The summed E-state index contributed by atoms with van der Waals surface area (Å²) in [5, 5.41) is 5.31. The number of para-hydroxylation sites is 1. The summed E-state index contributed by atoms with van der Waals surface area (Å²) >= 11 is 1.40. The molecule has 0 unspecified atom stereocenters. The van der Waals surface area contributed by atoms with Gasteiger partial charge in [-0.3, -0.25) is 9.59 Å². The van der Waals surface area contributed by atoms with Gasteiger partial charge in [-0.2, -0.15) is 13.2 Å². The fourth-order valence-corrected chi connectivity index (χ4v) is 5.02. The van der Waals surface area contributed by atoms with Crippen molar-refractivity contribution in [3.8, 4) is 23.0 Å². The lowest BCUT2D eigenvalue weighted by atomic mass is 9.97. The van der Waals surface area contributed by atoms with Gasteiger partial charge in [0.15, 0.2) is 0 Å². The molecule has 36 heavy (non-hydrogen) atoms. The van der Waals surface area contributed by atoms with Crippen LogP contribution < -0.4 is 5.32 Å². The van der Waals surface area contributed by atoms with Crippen LogP contribution in [-0.4, -0.2) is 34.8 Å². The molecule has 1 aliphatic heterocycles. The van der Waals surface area contributed by atoms with E-state index in [0.717, 1.165) is 30.0 Å². The molecule has 1 N–H and O–H groups in total. The molecule has 9 heteroatoms. The van der Waals surface area contributed by atoms with E-state index in [9.17, 15) is 22.8 Å². The molecule has 3 aromatic rings. The minimum atomic E-state index is -4.46. The van der Waals surface area contributed by atoms with Crippen LogP contribution in [-0.2, 0) is 11.0 Å². The smallest absolute Gasteiger partial charge is 0.332 e. The summed E-state index contributed by atoms with van der Waals surface area (Å²) < 4.78 is 39.5. The second-order valence-corrected chi connectivity index (χ2v) is 9.26. The van der Waals surface area contributed by atoms with Crippen LogP contribution in [0.15, 0.2) is 53.9 Å². The van der Waals surface area contributed by atoms with Crippen LogP contribution in [0.1, 0.15) is 53.2 Å².